The summed E-state index contributed by atoms with van der Waals surface area (Å²) in [6, 6.07) is 14.2. The van der Waals surface area contributed by atoms with Gasteiger partial charge in [0.2, 0.25) is 0 Å². The lowest BCUT2D eigenvalue weighted by molar-refractivity contribution is 0.486. The van der Waals surface area contributed by atoms with E-state index in [0.717, 1.165) is 23.5 Å². The van der Waals surface area contributed by atoms with Crippen LogP contribution in [0.25, 0.3) is 0 Å². The van der Waals surface area contributed by atoms with Crippen LogP contribution in [0.5, 0.6) is 5.75 Å². The summed E-state index contributed by atoms with van der Waals surface area (Å²) < 4.78 is 30.3. The van der Waals surface area contributed by atoms with E-state index in [2.05, 4.69) is 0 Å². The first-order valence-electron chi connectivity index (χ1n) is 7.45. The highest BCUT2D eigenvalue weighted by molar-refractivity contribution is 8.19. The Labute approximate surface area is 146 Å². The molecule has 0 atom stereocenters. The lowest BCUT2D eigenvalue weighted by atomic mass is 10.2. The molecule has 2 aromatic carbocycles. The summed E-state index contributed by atoms with van der Waals surface area (Å²) >= 11 is 3.84. The lowest BCUT2D eigenvalue weighted by Gasteiger charge is -2.10. The fourth-order valence-corrected chi connectivity index (χ4v) is 6.09. The Hall–Kier alpha value is -1.11. The molecule has 6 heteroatoms. The molecule has 0 aliphatic carbocycles. The second kappa shape index (κ2) is 7.20. The van der Waals surface area contributed by atoms with Crippen molar-refractivity contribution in [3.05, 3.63) is 59.7 Å². The van der Waals surface area contributed by atoms with Gasteiger partial charge in [0.05, 0.1) is 4.58 Å². The van der Waals surface area contributed by atoms with Gasteiger partial charge in [0, 0.05) is 11.5 Å². The quantitative estimate of drug-likeness (QED) is 0.729. The SMILES string of the molecule is CCc1ccc(S(=O)(=O)Oc2ccc(C3SCCS3)cc2)cc1. The van der Waals surface area contributed by atoms with Gasteiger partial charge >= 0.3 is 10.1 Å². The Morgan fingerprint density at radius 2 is 1.61 bits per heavy atom. The maximum absolute atomic E-state index is 12.3. The van der Waals surface area contributed by atoms with Gasteiger partial charge in [-0.15, -0.1) is 23.5 Å². The van der Waals surface area contributed by atoms with Crippen molar-refractivity contribution < 1.29 is 12.6 Å². The zero-order valence-electron chi connectivity index (χ0n) is 12.8. The predicted octanol–water partition coefficient (Wildman–Crippen LogP) is 4.50. The van der Waals surface area contributed by atoms with E-state index in [1.807, 2.05) is 54.7 Å². The molecule has 2 aromatic rings. The maximum Gasteiger partial charge on any atom is 0.339 e. The van der Waals surface area contributed by atoms with Gasteiger partial charge in [-0.3, -0.25) is 0 Å². The normalized spacial score (nSPS) is 15.7. The average Bonchev–Trinajstić information content (AvgIpc) is 3.10. The summed E-state index contributed by atoms with van der Waals surface area (Å²) in [4.78, 5) is 0.181. The Kier molecular flexibility index (Phi) is 5.24. The lowest BCUT2D eigenvalue weighted by Crippen LogP contribution is -2.09. The van der Waals surface area contributed by atoms with Crippen LogP contribution in [-0.4, -0.2) is 19.9 Å². The van der Waals surface area contributed by atoms with Gasteiger partial charge in [-0.1, -0.05) is 31.2 Å². The zero-order valence-corrected chi connectivity index (χ0v) is 15.2. The van der Waals surface area contributed by atoms with Crippen LogP contribution in [0.2, 0.25) is 0 Å². The van der Waals surface area contributed by atoms with Crippen molar-refractivity contribution in [2.75, 3.05) is 11.5 Å². The largest absolute Gasteiger partial charge is 0.379 e. The highest BCUT2D eigenvalue weighted by atomic mass is 32.2. The molecule has 0 saturated carbocycles. The van der Waals surface area contributed by atoms with E-state index in [1.165, 1.54) is 5.56 Å². The van der Waals surface area contributed by atoms with E-state index in [-0.39, 0.29) is 4.90 Å². The van der Waals surface area contributed by atoms with Gasteiger partial charge in [0.1, 0.15) is 10.6 Å². The molecular weight excluding hydrogens is 348 g/mol. The summed E-state index contributed by atoms with van der Waals surface area (Å²) in [5, 5.41) is 0. The summed E-state index contributed by atoms with van der Waals surface area (Å²) in [5.74, 6) is 2.67. The molecule has 0 bridgehead atoms. The van der Waals surface area contributed by atoms with Crippen molar-refractivity contribution in [2.24, 2.45) is 0 Å². The standard InChI is InChI=1S/C17H18O3S3/c1-2-13-3-9-16(10-4-13)23(18,19)20-15-7-5-14(6-8-15)17-21-11-12-22-17/h3-10,17H,2,11-12H2,1H3. The van der Waals surface area contributed by atoms with Gasteiger partial charge in [0.25, 0.3) is 0 Å². The van der Waals surface area contributed by atoms with Crippen LogP contribution >= 0.6 is 23.5 Å². The zero-order chi connectivity index (χ0) is 16.3. The summed E-state index contributed by atoms with van der Waals surface area (Å²) in [5.41, 5.74) is 2.30. The van der Waals surface area contributed by atoms with Crippen LogP contribution in [0, 0.1) is 0 Å². The van der Waals surface area contributed by atoms with Crippen molar-refractivity contribution in [2.45, 2.75) is 22.8 Å². The molecule has 1 heterocycles. The van der Waals surface area contributed by atoms with Crippen molar-refractivity contribution in [3.8, 4) is 5.75 Å². The molecule has 0 amide bonds. The minimum Gasteiger partial charge on any atom is -0.379 e. The van der Waals surface area contributed by atoms with Crippen molar-refractivity contribution in [1.29, 1.82) is 0 Å². The molecule has 1 saturated heterocycles. The summed E-state index contributed by atoms with van der Waals surface area (Å²) in [6.45, 7) is 2.03. The van der Waals surface area contributed by atoms with E-state index in [9.17, 15) is 8.42 Å². The van der Waals surface area contributed by atoms with Crippen LogP contribution in [0.4, 0.5) is 0 Å². The summed E-state index contributed by atoms with van der Waals surface area (Å²) in [7, 11) is -3.78. The molecule has 122 valence electrons. The third-order valence-electron chi connectivity index (χ3n) is 3.60. The number of hydrogen-bond acceptors (Lipinski definition) is 5. The topological polar surface area (TPSA) is 43.4 Å². The molecule has 0 spiro atoms. The van der Waals surface area contributed by atoms with Crippen LogP contribution in [0.3, 0.4) is 0 Å². The third-order valence-corrected chi connectivity index (χ3v) is 7.97. The van der Waals surface area contributed by atoms with E-state index in [1.54, 1.807) is 24.3 Å². The third kappa shape index (κ3) is 4.05. The van der Waals surface area contributed by atoms with Crippen LogP contribution in [0.15, 0.2) is 53.4 Å². The molecule has 0 aromatic heterocycles. The molecule has 1 aliphatic rings. The van der Waals surface area contributed by atoms with E-state index < -0.39 is 10.1 Å². The molecule has 0 N–H and O–H groups in total. The molecule has 0 unspecified atom stereocenters. The van der Waals surface area contributed by atoms with Crippen molar-refractivity contribution in [3.63, 3.8) is 0 Å². The van der Waals surface area contributed by atoms with Gasteiger partial charge in [-0.25, -0.2) is 0 Å². The fraction of sp³-hybridized carbons (Fsp3) is 0.294. The molecule has 23 heavy (non-hydrogen) atoms. The minimum atomic E-state index is -3.78. The average molecular weight is 367 g/mol. The van der Waals surface area contributed by atoms with Gasteiger partial charge in [-0.2, -0.15) is 8.42 Å². The Balaban J connectivity index is 1.74. The highest BCUT2D eigenvalue weighted by Crippen LogP contribution is 2.45. The second-order valence-corrected chi connectivity index (χ2v) is 9.45. The van der Waals surface area contributed by atoms with Gasteiger partial charge < -0.3 is 4.18 Å². The molecule has 3 nitrogen and oxygen atoms in total. The first-order chi connectivity index (χ1) is 11.1. The summed E-state index contributed by atoms with van der Waals surface area (Å²) in [6.07, 6.45) is 0.875. The monoisotopic (exact) mass is 366 g/mol. The number of benzene rings is 2. The van der Waals surface area contributed by atoms with Crippen molar-refractivity contribution >= 4 is 33.6 Å². The van der Waals surface area contributed by atoms with Crippen LogP contribution < -0.4 is 4.18 Å². The van der Waals surface area contributed by atoms with Crippen LogP contribution in [-0.2, 0) is 16.5 Å². The molecular formula is C17H18O3S3. The highest BCUT2D eigenvalue weighted by Gasteiger charge is 2.19. The molecule has 1 aliphatic heterocycles. The second-order valence-electron chi connectivity index (χ2n) is 5.18. The number of aryl methyl sites for hydroxylation is 1. The van der Waals surface area contributed by atoms with Crippen molar-refractivity contribution in [1.82, 2.24) is 0 Å². The van der Waals surface area contributed by atoms with Gasteiger partial charge in [-0.05, 0) is 41.8 Å². The smallest absolute Gasteiger partial charge is 0.339 e. The first-order valence-corrected chi connectivity index (χ1v) is 11.0. The number of thioether (sulfide) groups is 2. The van der Waals surface area contributed by atoms with E-state index >= 15 is 0 Å². The molecule has 1 fully saturated rings. The van der Waals surface area contributed by atoms with Gasteiger partial charge in [0.15, 0.2) is 0 Å². The molecule has 0 radical (unpaired) electrons. The Morgan fingerprint density at radius 1 is 1.00 bits per heavy atom. The van der Waals surface area contributed by atoms with E-state index in [0.29, 0.717) is 10.3 Å². The minimum absolute atomic E-state index is 0.181. The first kappa shape index (κ1) is 16.7. The Bertz CT molecular complexity index is 747. The Morgan fingerprint density at radius 3 is 2.17 bits per heavy atom. The fourth-order valence-electron chi connectivity index (χ4n) is 2.30. The maximum atomic E-state index is 12.3. The van der Waals surface area contributed by atoms with Crippen LogP contribution in [0.1, 0.15) is 22.6 Å². The number of hydrogen-bond donors (Lipinski definition) is 0. The number of rotatable bonds is 5. The predicted molar refractivity (Wildman–Crippen MR) is 97.7 cm³/mol. The molecule has 3 rings (SSSR count). The van der Waals surface area contributed by atoms with E-state index in [4.69, 9.17) is 4.18 Å².